The zero-order valence-electron chi connectivity index (χ0n) is 20.8. The van der Waals surface area contributed by atoms with Crippen molar-refractivity contribution in [1.29, 1.82) is 0 Å². The third-order valence-corrected chi connectivity index (χ3v) is 5.99. The minimum Gasteiger partial charge on any atom is -0.493 e. The van der Waals surface area contributed by atoms with Gasteiger partial charge in [0.25, 0.3) is 0 Å². The molecular weight excluding hydrogens is 460 g/mol. The number of hydrogen-bond acceptors (Lipinski definition) is 7. The summed E-state index contributed by atoms with van der Waals surface area (Å²) in [7, 11) is 1.36. The molecule has 0 atom stereocenters. The largest absolute Gasteiger partial charge is 0.493 e. The Morgan fingerprint density at radius 1 is 1.03 bits per heavy atom. The Balaban J connectivity index is 1.39. The summed E-state index contributed by atoms with van der Waals surface area (Å²) < 4.78 is 21.7. The third-order valence-electron chi connectivity index (χ3n) is 5.99. The molecule has 0 radical (unpaired) electrons. The van der Waals surface area contributed by atoms with E-state index in [-0.39, 0.29) is 12.4 Å². The second-order valence-electron chi connectivity index (χ2n) is 8.40. The van der Waals surface area contributed by atoms with Crippen LogP contribution in [0.2, 0.25) is 0 Å². The third kappa shape index (κ3) is 5.94. The van der Waals surface area contributed by atoms with Crippen molar-refractivity contribution in [2.75, 3.05) is 33.4 Å². The van der Waals surface area contributed by atoms with E-state index in [1.165, 1.54) is 7.11 Å². The van der Waals surface area contributed by atoms with Gasteiger partial charge >= 0.3 is 12.1 Å². The summed E-state index contributed by atoms with van der Waals surface area (Å²) >= 11 is 0. The number of aryl methyl sites for hydroxylation is 1. The van der Waals surface area contributed by atoms with E-state index >= 15 is 0 Å². The number of esters is 1. The number of aromatic nitrogens is 1. The molecule has 0 bridgehead atoms. The number of oxazole rings is 1. The van der Waals surface area contributed by atoms with Gasteiger partial charge in [-0.1, -0.05) is 30.3 Å². The van der Waals surface area contributed by atoms with Crippen LogP contribution in [-0.4, -0.2) is 55.4 Å². The highest BCUT2D eigenvalue weighted by Crippen LogP contribution is 2.31. The van der Waals surface area contributed by atoms with Crippen LogP contribution in [0.25, 0.3) is 17.0 Å². The predicted octanol–water partition coefficient (Wildman–Crippen LogP) is 5.06. The Hall–Kier alpha value is -4.07. The summed E-state index contributed by atoms with van der Waals surface area (Å²) in [4.78, 5) is 30.4. The summed E-state index contributed by atoms with van der Waals surface area (Å²) in [6.07, 6.45) is 0.350. The van der Waals surface area contributed by atoms with Crippen LogP contribution in [0.4, 0.5) is 4.79 Å². The van der Waals surface area contributed by atoms with Crippen molar-refractivity contribution in [3.05, 3.63) is 77.2 Å². The highest BCUT2D eigenvalue weighted by atomic mass is 16.6. The van der Waals surface area contributed by atoms with Crippen molar-refractivity contribution in [2.45, 2.75) is 26.7 Å². The molecule has 1 aromatic heterocycles. The first-order chi connectivity index (χ1) is 17.5. The van der Waals surface area contributed by atoms with Gasteiger partial charge in [-0.15, -0.1) is 0 Å². The minimum atomic E-state index is -0.395. The Kier molecular flexibility index (Phi) is 8.05. The van der Waals surface area contributed by atoms with E-state index in [1.54, 1.807) is 11.8 Å². The highest BCUT2D eigenvalue weighted by molar-refractivity contribution is 5.84. The Bertz CT molecular complexity index is 1230. The smallest absolute Gasteiger partial charge is 0.410 e. The van der Waals surface area contributed by atoms with Crippen molar-refractivity contribution in [2.24, 2.45) is 0 Å². The molecule has 2 aromatic carbocycles. The number of nitrogens with zero attached hydrogens (tertiary/aromatic N) is 2. The molecular formula is C28H30N2O6. The van der Waals surface area contributed by atoms with E-state index in [0.29, 0.717) is 38.6 Å². The molecule has 8 heteroatoms. The number of benzene rings is 2. The Morgan fingerprint density at radius 2 is 1.78 bits per heavy atom. The van der Waals surface area contributed by atoms with Crippen LogP contribution in [0.3, 0.4) is 0 Å². The molecule has 0 fully saturated rings. The average Bonchev–Trinajstić information content (AvgIpc) is 3.48. The molecule has 36 heavy (non-hydrogen) atoms. The standard InChI is InChI=1S/C28H30N2O6/c1-4-34-28(32)30-17-22(16-26(31)33-3)24(18-30)20-10-12-23(13-11-20)35-15-14-25-19(2)36-27(29-25)21-8-6-5-7-9-21/h5-13H,4,14-18H2,1-3H3. The quantitative estimate of drug-likeness (QED) is 0.387. The predicted molar refractivity (Wildman–Crippen MR) is 134 cm³/mol. The van der Waals surface area contributed by atoms with Crippen LogP contribution in [0, 0.1) is 6.92 Å². The van der Waals surface area contributed by atoms with Crippen molar-refractivity contribution in [1.82, 2.24) is 9.88 Å². The molecule has 4 rings (SSSR count). The highest BCUT2D eigenvalue weighted by Gasteiger charge is 2.28. The topological polar surface area (TPSA) is 91.1 Å². The first-order valence-corrected chi connectivity index (χ1v) is 11.9. The fourth-order valence-corrected chi connectivity index (χ4v) is 4.11. The van der Waals surface area contributed by atoms with Crippen LogP contribution < -0.4 is 4.74 Å². The van der Waals surface area contributed by atoms with E-state index in [1.807, 2.05) is 61.5 Å². The van der Waals surface area contributed by atoms with Gasteiger partial charge in [0, 0.05) is 25.1 Å². The van der Waals surface area contributed by atoms with E-state index in [4.69, 9.17) is 18.6 Å². The monoisotopic (exact) mass is 490 g/mol. The number of carbonyl (C=O) groups excluding carboxylic acids is 2. The molecule has 1 aliphatic heterocycles. The summed E-state index contributed by atoms with van der Waals surface area (Å²) in [5, 5.41) is 0. The fraction of sp³-hybridized carbons (Fsp3) is 0.321. The normalized spacial score (nSPS) is 13.1. The van der Waals surface area contributed by atoms with Gasteiger partial charge in [-0.2, -0.15) is 0 Å². The zero-order chi connectivity index (χ0) is 25.5. The van der Waals surface area contributed by atoms with Crippen LogP contribution in [0.15, 0.2) is 64.6 Å². The minimum absolute atomic E-state index is 0.127. The average molecular weight is 491 g/mol. The van der Waals surface area contributed by atoms with E-state index < -0.39 is 6.09 Å². The molecule has 3 aromatic rings. The van der Waals surface area contributed by atoms with Gasteiger partial charge in [0.2, 0.25) is 5.89 Å². The van der Waals surface area contributed by atoms with E-state index in [0.717, 1.165) is 39.5 Å². The molecule has 0 saturated heterocycles. The van der Waals surface area contributed by atoms with Gasteiger partial charge in [0.15, 0.2) is 0 Å². The number of hydrogen-bond donors (Lipinski definition) is 0. The number of rotatable bonds is 9. The molecule has 8 nitrogen and oxygen atoms in total. The Labute approximate surface area is 210 Å². The van der Waals surface area contributed by atoms with Crippen molar-refractivity contribution >= 4 is 17.6 Å². The number of carbonyl (C=O) groups is 2. The van der Waals surface area contributed by atoms with Crippen molar-refractivity contribution in [3.8, 4) is 17.2 Å². The van der Waals surface area contributed by atoms with Crippen molar-refractivity contribution < 1.29 is 28.2 Å². The lowest BCUT2D eigenvalue weighted by Crippen LogP contribution is -2.30. The van der Waals surface area contributed by atoms with Gasteiger partial charge in [0.1, 0.15) is 11.5 Å². The number of ether oxygens (including phenoxy) is 3. The summed E-state index contributed by atoms with van der Waals surface area (Å²) in [6.45, 7) is 5.13. The van der Waals surface area contributed by atoms with Crippen LogP contribution in [-0.2, 0) is 20.7 Å². The maximum atomic E-state index is 12.2. The molecule has 1 aliphatic rings. The van der Waals surface area contributed by atoms with Gasteiger partial charge in [0.05, 0.1) is 32.4 Å². The number of methoxy groups -OCH3 is 1. The van der Waals surface area contributed by atoms with Crippen LogP contribution in [0.1, 0.15) is 30.4 Å². The molecule has 0 unspecified atom stereocenters. The molecule has 2 heterocycles. The molecule has 0 aliphatic carbocycles. The number of amides is 1. The van der Waals surface area contributed by atoms with Crippen LogP contribution in [0.5, 0.6) is 5.75 Å². The first kappa shape index (κ1) is 25.0. The molecule has 0 spiro atoms. The Morgan fingerprint density at radius 3 is 2.47 bits per heavy atom. The van der Waals surface area contributed by atoms with E-state index in [9.17, 15) is 9.59 Å². The summed E-state index contributed by atoms with van der Waals surface area (Å²) in [5.74, 6) is 1.77. The lowest BCUT2D eigenvalue weighted by atomic mass is 10.0. The lowest BCUT2D eigenvalue weighted by molar-refractivity contribution is -0.139. The SMILES string of the molecule is CCOC(=O)N1CC(CC(=O)OC)=C(c2ccc(OCCc3nc(-c4ccccc4)oc3C)cc2)C1. The zero-order valence-corrected chi connectivity index (χ0v) is 20.8. The fourth-order valence-electron chi connectivity index (χ4n) is 4.11. The van der Waals surface area contributed by atoms with Crippen LogP contribution >= 0.6 is 0 Å². The van der Waals surface area contributed by atoms with Gasteiger partial charge < -0.3 is 18.6 Å². The first-order valence-electron chi connectivity index (χ1n) is 11.9. The second-order valence-corrected chi connectivity index (χ2v) is 8.40. The lowest BCUT2D eigenvalue weighted by Gasteiger charge is -2.16. The maximum Gasteiger partial charge on any atom is 0.410 e. The summed E-state index contributed by atoms with van der Waals surface area (Å²) in [5.41, 5.74) is 4.50. The molecule has 1 amide bonds. The van der Waals surface area contributed by atoms with Gasteiger partial charge in [-0.05, 0) is 54.8 Å². The maximum absolute atomic E-state index is 12.2. The summed E-state index contributed by atoms with van der Waals surface area (Å²) in [6, 6.07) is 17.4. The molecule has 188 valence electrons. The molecule has 0 saturated carbocycles. The van der Waals surface area contributed by atoms with Gasteiger partial charge in [-0.3, -0.25) is 9.69 Å². The van der Waals surface area contributed by atoms with Crippen molar-refractivity contribution in [3.63, 3.8) is 0 Å². The van der Waals surface area contributed by atoms with Gasteiger partial charge in [-0.25, -0.2) is 9.78 Å². The molecule has 0 N–H and O–H groups in total. The second kappa shape index (κ2) is 11.6. The van der Waals surface area contributed by atoms with E-state index in [2.05, 4.69) is 4.98 Å².